The van der Waals surface area contributed by atoms with Gasteiger partial charge in [-0.2, -0.15) is 0 Å². The van der Waals surface area contributed by atoms with Crippen LogP contribution in [-0.2, 0) is 14.8 Å². The van der Waals surface area contributed by atoms with Crippen molar-refractivity contribution in [2.75, 3.05) is 24.6 Å². The van der Waals surface area contributed by atoms with E-state index in [0.29, 0.717) is 24.5 Å². The first kappa shape index (κ1) is 25.1. The SMILES string of the molecule is CCOc1ccc(S(=O)(=O)N(CC(=O)N[C@@H](CC)c2ccc(OC)cc2)c2ccccc2)cc1. The van der Waals surface area contributed by atoms with Crippen LogP contribution in [0.15, 0.2) is 83.8 Å². The Balaban J connectivity index is 1.85. The van der Waals surface area contributed by atoms with E-state index in [1.54, 1.807) is 49.6 Å². The molecule has 0 heterocycles. The number of anilines is 1. The predicted molar refractivity (Wildman–Crippen MR) is 133 cm³/mol. The molecule has 0 bridgehead atoms. The number of benzene rings is 3. The second kappa shape index (κ2) is 11.6. The van der Waals surface area contributed by atoms with E-state index in [4.69, 9.17) is 9.47 Å². The lowest BCUT2D eigenvalue weighted by molar-refractivity contribution is -0.120. The normalized spacial score (nSPS) is 12.0. The van der Waals surface area contributed by atoms with E-state index in [1.165, 1.54) is 12.1 Å². The number of sulfonamides is 1. The van der Waals surface area contributed by atoms with Crippen molar-refractivity contribution in [3.8, 4) is 11.5 Å². The summed E-state index contributed by atoms with van der Waals surface area (Å²) in [6.45, 7) is 3.94. The summed E-state index contributed by atoms with van der Waals surface area (Å²) in [5.41, 5.74) is 1.32. The van der Waals surface area contributed by atoms with Gasteiger partial charge < -0.3 is 14.8 Å². The van der Waals surface area contributed by atoms with Gasteiger partial charge in [0.15, 0.2) is 0 Å². The number of carbonyl (C=O) groups is 1. The van der Waals surface area contributed by atoms with E-state index >= 15 is 0 Å². The number of ether oxygens (including phenoxy) is 2. The summed E-state index contributed by atoms with van der Waals surface area (Å²) in [7, 11) is -2.40. The maximum Gasteiger partial charge on any atom is 0.264 e. The molecule has 0 spiro atoms. The van der Waals surface area contributed by atoms with E-state index in [9.17, 15) is 13.2 Å². The van der Waals surface area contributed by atoms with Gasteiger partial charge in [0.1, 0.15) is 18.0 Å². The minimum absolute atomic E-state index is 0.0785. The van der Waals surface area contributed by atoms with E-state index in [-0.39, 0.29) is 17.5 Å². The van der Waals surface area contributed by atoms with Crippen molar-refractivity contribution in [2.24, 2.45) is 0 Å². The highest BCUT2D eigenvalue weighted by Crippen LogP contribution is 2.26. The van der Waals surface area contributed by atoms with Crippen molar-refractivity contribution in [3.63, 3.8) is 0 Å². The van der Waals surface area contributed by atoms with Gasteiger partial charge in [-0.1, -0.05) is 37.3 Å². The van der Waals surface area contributed by atoms with Crippen LogP contribution >= 0.6 is 0 Å². The van der Waals surface area contributed by atoms with Crippen molar-refractivity contribution >= 4 is 21.6 Å². The summed E-state index contributed by atoms with van der Waals surface area (Å²) in [6, 6.07) is 22.0. The lowest BCUT2D eigenvalue weighted by Gasteiger charge is -2.26. The molecule has 0 aliphatic rings. The van der Waals surface area contributed by atoms with Crippen LogP contribution in [0.25, 0.3) is 0 Å². The fraction of sp³-hybridized carbons (Fsp3) is 0.269. The Morgan fingerprint density at radius 2 is 1.53 bits per heavy atom. The third-order valence-electron chi connectivity index (χ3n) is 5.32. The third-order valence-corrected chi connectivity index (χ3v) is 7.10. The van der Waals surface area contributed by atoms with Crippen molar-refractivity contribution in [2.45, 2.75) is 31.2 Å². The summed E-state index contributed by atoms with van der Waals surface area (Å²) in [4.78, 5) is 13.1. The number of methoxy groups -OCH3 is 1. The number of para-hydroxylation sites is 1. The van der Waals surface area contributed by atoms with E-state index in [1.807, 2.05) is 38.1 Å². The largest absolute Gasteiger partial charge is 0.497 e. The number of nitrogens with one attached hydrogen (secondary N) is 1. The van der Waals surface area contributed by atoms with Gasteiger partial charge in [-0.3, -0.25) is 9.10 Å². The van der Waals surface area contributed by atoms with Gasteiger partial charge in [0.25, 0.3) is 10.0 Å². The third kappa shape index (κ3) is 6.08. The average molecular weight is 483 g/mol. The van der Waals surface area contributed by atoms with Gasteiger partial charge in [0.05, 0.1) is 30.3 Å². The number of hydrogen-bond acceptors (Lipinski definition) is 5. The zero-order valence-corrected chi connectivity index (χ0v) is 20.4. The number of hydrogen-bond donors (Lipinski definition) is 1. The first-order chi connectivity index (χ1) is 16.4. The standard InChI is InChI=1S/C26H30N2O5S/c1-4-25(20-11-13-22(32-3)14-12-20)27-26(29)19-28(21-9-7-6-8-10-21)34(30,31)24-17-15-23(16-18-24)33-5-2/h6-18,25H,4-5,19H2,1-3H3,(H,27,29)/t25-/m0/s1. The molecule has 0 saturated heterocycles. The molecule has 0 saturated carbocycles. The molecule has 0 aliphatic carbocycles. The lowest BCUT2D eigenvalue weighted by Crippen LogP contribution is -2.42. The second-order valence-electron chi connectivity index (χ2n) is 7.55. The van der Waals surface area contributed by atoms with Crippen LogP contribution in [0.3, 0.4) is 0 Å². The zero-order chi connectivity index (χ0) is 24.6. The second-order valence-corrected chi connectivity index (χ2v) is 9.42. The van der Waals surface area contributed by atoms with Crippen molar-refractivity contribution in [3.05, 3.63) is 84.4 Å². The Kier molecular flexibility index (Phi) is 8.54. The topological polar surface area (TPSA) is 84.9 Å². The Morgan fingerprint density at radius 1 is 0.912 bits per heavy atom. The number of carbonyl (C=O) groups excluding carboxylic acids is 1. The fourth-order valence-corrected chi connectivity index (χ4v) is 4.96. The maximum absolute atomic E-state index is 13.5. The first-order valence-electron chi connectivity index (χ1n) is 11.1. The van der Waals surface area contributed by atoms with Gasteiger partial charge in [-0.05, 0) is 67.4 Å². The van der Waals surface area contributed by atoms with Gasteiger partial charge in [-0.25, -0.2) is 8.42 Å². The number of rotatable bonds is 11. The molecule has 0 radical (unpaired) electrons. The van der Waals surface area contributed by atoms with Crippen molar-refractivity contribution in [1.29, 1.82) is 0 Å². The molecular weight excluding hydrogens is 452 g/mol. The van der Waals surface area contributed by atoms with Gasteiger partial charge >= 0.3 is 0 Å². The summed E-state index contributed by atoms with van der Waals surface area (Å²) in [5, 5.41) is 2.96. The van der Waals surface area contributed by atoms with Crippen molar-refractivity contribution < 1.29 is 22.7 Å². The number of nitrogens with zero attached hydrogens (tertiary/aromatic N) is 1. The van der Waals surface area contributed by atoms with Crippen LogP contribution in [0, 0.1) is 0 Å². The van der Waals surface area contributed by atoms with Gasteiger partial charge in [0.2, 0.25) is 5.91 Å². The Hall–Kier alpha value is -3.52. The molecule has 0 aliphatic heterocycles. The quantitative estimate of drug-likeness (QED) is 0.433. The molecule has 1 atom stereocenters. The van der Waals surface area contributed by atoms with E-state index in [2.05, 4.69) is 5.32 Å². The molecule has 0 fully saturated rings. The molecule has 3 aromatic rings. The summed E-state index contributed by atoms with van der Waals surface area (Å²) in [6.07, 6.45) is 0.648. The molecule has 3 rings (SSSR count). The Labute approximate surface area is 201 Å². The molecular formula is C26H30N2O5S. The van der Waals surface area contributed by atoms with Gasteiger partial charge in [-0.15, -0.1) is 0 Å². The van der Waals surface area contributed by atoms with Crippen molar-refractivity contribution in [1.82, 2.24) is 5.32 Å². The predicted octanol–water partition coefficient (Wildman–Crippen LogP) is 4.56. The fourth-order valence-electron chi connectivity index (χ4n) is 3.54. The summed E-state index contributed by atoms with van der Waals surface area (Å²) in [5.74, 6) is 0.901. The summed E-state index contributed by atoms with van der Waals surface area (Å²) >= 11 is 0. The number of amides is 1. The Bertz CT molecular complexity index is 1160. The summed E-state index contributed by atoms with van der Waals surface area (Å²) < 4.78 is 38.8. The minimum Gasteiger partial charge on any atom is -0.497 e. The molecule has 1 amide bonds. The Morgan fingerprint density at radius 3 is 2.09 bits per heavy atom. The monoisotopic (exact) mass is 482 g/mol. The van der Waals surface area contributed by atoms with Crippen LogP contribution in [0.1, 0.15) is 31.9 Å². The molecule has 0 aromatic heterocycles. The highest BCUT2D eigenvalue weighted by molar-refractivity contribution is 7.92. The first-order valence-corrected chi connectivity index (χ1v) is 12.6. The molecule has 180 valence electrons. The smallest absolute Gasteiger partial charge is 0.264 e. The molecule has 7 nitrogen and oxygen atoms in total. The van der Waals surface area contributed by atoms with Crippen LogP contribution in [-0.4, -0.2) is 34.6 Å². The lowest BCUT2D eigenvalue weighted by atomic mass is 10.0. The van der Waals surface area contributed by atoms with Crippen LogP contribution in [0.2, 0.25) is 0 Å². The van der Waals surface area contributed by atoms with Crippen LogP contribution in [0.4, 0.5) is 5.69 Å². The van der Waals surface area contributed by atoms with Crippen LogP contribution < -0.4 is 19.1 Å². The van der Waals surface area contributed by atoms with Crippen LogP contribution in [0.5, 0.6) is 11.5 Å². The molecule has 8 heteroatoms. The molecule has 0 unspecified atom stereocenters. The maximum atomic E-state index is 13.5. The molecule has 34 heavy (non-hydrogen) atoms. The average Bonchev–Trinajstić information content (AvgIpc) is 2.87. The van der Waals surface area contributed by atoms with E-state index < -0.39 is 15.9 Å². The molecule has 1 N–H and O–H groups in total. The zero-order valence-electron chi connectivity index (χ0n) is 19.6. The van der Waals surface area contributed by atoms with Gasteiger partial charge in [0, 0.05) is 0 Å². The highest BCUT2D eigenvalue weighted by atomic mass is 32.2. The van der Waals surface area contributed by atoms with E-state index in [0.717, 1.165) is 15.6 Å². The highest BCUT2D eigenvalue weighted by Gasteiger charge is 2.28. The molecule has 3 aromatic carbocycles. The minimum atomic E-state index is -4.00.